The number of ether oxygens (including phenoxy) is 2. The number of halogens is 1. The minimum absolute atomic E-state index is 0.0847. The molecule has 3 aromatic heterocycles. The lowest BCUT2D eigenvalue weighted by molar-refractivity contribution is -0.137. The molecule has 6 heterocycles. The maximum absolute atomic E-state index is 13.4. The van der Waals surface area contributed by atoms with E-state index in [-0.39, 0.29) is 55.4 Å². The number of anilines is 3. The zero-order chi connectivity index (χ0) is 42.5. The standard InChI is InChI=1S/C42H50ClN11O7/c43-29-21-32(48-42(59)49-33-23-45-35-10-12-47-54(35)37(33)26-4-2-1-3-5-26)40(46-22-29)61-18-11-27(38(44)56)25-60-19-17-51-13-15-52(16-14-51)30-6-7-31-28(20-30)24-53(41(31)58)34-8-9-36(55)50-39(34)57/h6-7,10,12,20-23,26-27,34H,1-5,8-9,11,13-19,24-25H2,(H2,44,56)(H2,48,49,59)(H,50,55,57). The predicted molar refractivity (Wildman–Crippen MR) is 225 cm³/mol. The molecule has 1 saturated carbocycles. The second kappa shape index (κ2) is 18.8. The van der Waals surface area contributed by atoms with Crippen molar-refractivity contribution in [2.45, 2.75) is 69.9 Å². The molecule has 0 bridgehead atoms. The Hall–Kier alpha value is -5.85. The van der Waals surface area contributed by atoms with Gasteiger partial charge < -0.3 is 35.6 Å². The van der Waals surface area contributed by atoms with Gasteiger partial charge in [0.1, 0.15) is 11.7 Å². The Morgan fingerprint density at radius 2 is 1.75 bits per heavy atom. The number of amides is 6. The summed E-state index contributed by atoms with van der Waals surface area (Å²) in [6, 6.07) is 8.02. The van der Waals surface area contributed by atoms with Gasteiger partial charge in [-0.05, 0) is 55.5 Å². The number of nitrogens with two attached hydrogens (primary N) is 1. The van der Waals surface area contributed by atoms with E-state index in [0.29, 0.717) is 48.0 Å². The SMILES string of the molecule is NC(=O)C(CCOc1ncc(Cl)cc1NC(=O)Nc1cnc2ccnn2c1C1CCCCC1)COCCN1CCN(c2ccc3c(c2)CN(C2CCC(=O)NC2=O)C3=O)CC1. The molecule has 3 fully saturated rings. The summed E-state index contributed by atoms with van der Waals surface area (Å²) in [6.07, 6.45) is 11.0. The number of piperazine rings is 1. The first-order chi connectivity index (χ1) is 29.6. The predicted octanol–water partition coefficient (Wildman–Crippen LogP) is 3.94. The van der Waals surface area contributed by atoms with E-state index in [1.165, 1.54) is 12.6 Å². The number of aromatic nitrogens is 4. The number of pyridine rings is 1. The molecule has 1 aliphatic carbocycles. The van der Waals surface area contributed by atoms with Gasteiger partial charge in [-0.2, -0.15) is 5.10 Å². The monoisotopic (exact) mass is 855 g/mol. The van der Waals surface area contributed by atoms with E-state index in [1.54, 1.807) is 27.9 Å². The molecule has 6 amide bonds. The van der Waals surface area contributed by atoms with Crippen molar-refractivity contribution in [2.24, 2.45) is 11.7 Å². The number of carbonyl (C=O) groups is 5. The summed E-state index contributed by atoms with van der Waals surface area (Å²) < 4.78 is 13.7. The van der Waals surface area contributed by atoms with Crippen molar-refractivity contribution in [3.8, 4) is 5.88 Å². The Morgan fingerprint density at radius 3 is 2.54 bits per heavy atom. The second-order valence-corrected chi connectivity index (χ2v) is 16.4. The van der Waals surface area contributed by atoms with Crippen molar-refractivity contribution in [2.75, 3.05) is 68.1 Å². The average molecular weight is 856 g/mol. The summed E-state index contributed by atoms with van der Waals surface area (Å²) in [7, 11) is 0. The molecule has 0 spiro atoms. The van der Waals surface area contributed by atoms with Crippen molar-refractivity contribution >= 4 is 64.0 Å². The average Bonchev–Trinajstić information content (AvgIpc) is 3.86. The molecule has 2 unspecified atom stereocenters. The topological polar surface area (TPSA) is 219 Å². The number of urea groups is 1. The van der Waals surface area contributed by atoms with Gasteiger partial charge in [-0.15, -0.1) is 0 Å². The number of nitrogens with zero attached hydrogens (tertiary/aromatic N) is 7. The van der Waals surface area contributed by atoms with E-state index in [9.17, 15) is 24.0 Å². The summed E-state index contributed by atoms with van der Waals surface area (Å²) in [5.41, 5.74) is 10.7. The van der Waals surface area contributed by atoms with Crippen molar-refractivity contribution in [3.63, 3.8) is 0 Å². The number of rotatable bonds is 15. The molecule has 322 valence electrons. The molecule has 2 atom stereocenters. The Morgan fingerprint density at radius 1 is 0.951 bits per heavy atom. The van der Waals surface area contributed by atoms with Crippen molar-refractivity contribution in [1.29, 1.82) is 0 Å². The van der Waals surface area contributed by atoms with Crippen LogP contribution < -0.4 is 31.3 Å². The van der Waals surface area contributed by atoms with Crippen molar-refractivity contribution in [1.82, 2.24) is 34.7 Å². The lowest BCUT2D eigenvalue weighted by Gasteiger charge is -2.36. The van der Waals surface area contributed by atoms with Crippen LogP contribution in [0.4, 0.5) is 21.9 Å². The summed E-state index contributed by atoms with van der Waals surface area (Å²) in [5, 5.41) is 12.9. The molecule has 8 rings (SSSR count). The molecule has 0 radical (unpaired) electrons. The first-order valence-corrected chi connectivity index (χ1v) is 21.3. The van der Waals surface area contributed by atoms with Crippen LogP contribution >= 0.6 is 11.6 Å². The van der Waals surface area contributed by atoms with E-state index >= 15 is 0 Å². The molecule has 3 aliphatic heterocycles. The zero-order valence-corrected chi connectivity index (χ0v) is 34.6. The van der Waals surface area contributed by atoms with Gasteiger partial charge in [0.25, 0.3) is 5.91 Å². The Balaban J connectivity index is 0.777. The van der Waals surface area contributed by atoms with Gasteiger partial charge >= 0.3 is 6.03 Å². The van der Waals surface area contributed by atoms with Crippen LogP contribution in [0.5, 0.6) is 5.88 Å². The van der Waals surface area contributed by atoms with E-state index < -0.39 is 29.8 Å². The van der Waals surface area contributed by atoms with Gasteiger partial charge in [-0.25, -0.2) is 19.3 Å². The van der Waals surface area contributed by atoms with Crippen LogP contribution in [-0.4, -0.2) is 118 Å². The second-order valence-electron chi connectivity index (χ2n) is 16.0. The number of nitrogens with one attached hydrogen (secondary N) is 3. The third-order valence-electron chi connectivity index (χ3n) is 12.0. The normalized spacial score (nSPS) is 19.2. The summed E-state index contributed by atoms with van der Waals surface area (Å²) in [6.45, 7) is 4.80. The number of hydrogen-bond acceptors (Lipinski definition) is 12. The van der Waals surface area contributed by atoms with Crippen LogP contribution in [0.3, 0.4) is 0 Å². The van der Waals surface area contributed by atoms with Crippen LogP contribution in [0.1, 0.15) is 78.9 Å². The fraction of sp³-hybridized carbons (Fsp3) is 0.476. The molecule has 2 saturated heterocycles. The highest BCUT2D eigenvalue weighted by Crippen LogP contribution is 2.37. The maximum atomic E-state index is 13.4. The fourth-order valence-corrected chi connectivity index (χ4v) is 8.83. The van der Waals surface area contributed by atoms with Gasteiger partial charge in [0, 0.05) is 75.1 Å². The number of imide groups is 1. The van der Waals surface area contributed by atoms with Gasteiger partial charge in [-0.3, -0.25) is 29.4 Å². The number of fused-ring (bicyclic) bond motifs is 2. The van der Waals surface area contributed by atoms with Crippen LogP contribution in [0.25, 0.3) is 5.65 Å². The summed E-state index contributed by atoms with van der Waals surface area (Å²) in [4.78, 5) is 77.8. The van der Waals surface area contributed by atoms with E-state index in [1.807, 2.05) is 24.3 Å². The summed E-state index contributed by atoms with van der Waals surface area (Å²) >= 11 is 6.26. The van der Waals surface area contributed by atoms with E-state index in [2.05, 4.69) is 40.8 Å². The molecule has 61 heavy (non-hydrogen) atoms. The lowest BCUT2D eigenvalue weighted by Crippen LogP contribution is -2.52. The highest BCUT2D eigenvalue weighted by molar-refractivity contribution is 6.30. The van der Waals surface area contributed by atoms with Crippen molar-refractivity contribution in [3.05, 3.63) is 70.8 Å². The Bertz CT molecular complexity index is 2290. The van der Waals surface area contributed by atoms with Crippen molar-refractivity contribution < 1.29 is 33.4 Å². The minimum Gasteiger partial charge on any atom is -0.476 e. The number of piperidine rings is 1. The summed E-state index contributed by atoms with van der Waals surface area (Å²) in [5.74, 6) is -1.65. The quantitative estimate of drug-likeness (QED) is 0.0988. The van der Waals surface area contributed by atoms with Gasteiger partial charge in [0.05, 0.1) is 54.5 Å². The third kappa shape index (κ3) is 9.71. The molecule has 4 aliphatic rings. The van der Waals surface area contributed by atoms with Gasteiger partial charge in [0.2, 0.25) is 23.6 Å². The smallest absolute Gasteiger partial charge is 0.323 e. The largest absolute Gasteiger partial charge is 0.476 e. The molecular weight excluding hydrogens is 806 g/mol. The van der Waals surface area contributed by atoms with E-state index in [4.69, 9.17) is 26.8 Å². The molecule has 1 aromatic carbocycles. The number of benzene rings is 1. The number of carbonyl (C=O) groups excluding carboxylic acids is 5. The fourth-order valence-electron chi connectivity index (χ4n) is 8.68. The van der Waals surface area contributed by atoms with Crippen LogP contribution in [0.2, 0.25) is 5.02 Å². The van der Waals surface area contributed by atoms with E-state index in [0.717, 1.165) is 68.8 Å². The first kappa shape index (κ1) is 41.9. The number of primary amides is 1. The highest BCUT2D eigenvalue weighted by atomic mass is 35.5. The maximum Gasteiger partial charge on any atom is 0.323 e. The number of hydrogen-bond donors (Lipinski definition) is 4. The Kier molecular flexibility index (Phi) is 12.9. The van der Waals surface area contributed by atoms with Crippen LogP contribution in [-0.2, 0) is 25.7 Å². The third-order valence-corrected chi connectivity index (χ3v) is 12.2. The highest BCUT2D eigenvalue weighted by Gasteiger charge is 2.39. The van der Waals surface area contributed by atoms with Gasteiger partial charge in [-0.1, -0.05) is 30.9 Å². The molecule has 5 N–H and O–H groups in total. The minimum atomic E-state index is -0.642. The molecule has 4 aromatic rings. The zero-order valence-electron chi connectivity index (χ0n) is 33.8. The first-order valence-electron chi connectivity index (χ1n) is 20.9. The molecule has 19 heteroatoms. The molecular formula is C42H50ClN11O7. The van der Waals surface area contributed by atoms with Crippen LogP contribution in [0, 0.1) is 5.92 Å². The lowest BCUT2D eigenvalue weighted by atomic mass is 9.86. The molecule has 18 nitrogen and oxygen atoms in total. The van der Waals surface area contributed by atoms with Gasteiger partial charge in [0.15, 0.2) is 5.65 Å². The Labute approximate surface area is 357 Å². The van der Waals surface area contributed by atoms with Crippen LogP contribution in [0.15, 0.2) is 48.9 Å².